The molecule has 0 radical (unpaired) electrons. The monoisotopic (exact) mass is 484 g/mol. The highest BCUT2D eigenvalue weighted by Crippen LogP contribution is 2.36. The molecule has 0 saturated carbocycles. The minimum absolute atomic E-state index is 0.0157. The Morgan fingerprint density at radius 2 is 1.71 bits per heavy atom. The third-order valence-electron chi connectivity index (χ3n) is 6.65. The Balaban J connectivity index is 1.30. The molecule has 3 heterocycles. The van der Waals surface area contributed by atoms with Crippen molar-refractivity contribution in [3.63, 3.8) is 0 Å². The maximum atomic E-state index is 9.47. The molecule has 1 saturated heterocycles. The number of halogens is 1. The largest absolute Gasteiger partial charge is 0.369 e. The van der Waals surface area contributed by atoms with E-state index in [4.69, 9.17) is 11.6 Å². The lowest BCUT2D eigenvalue weighted by molar-refractivity contribution is 0.221. The number of piperazine rings is 1. The maximum Gasteiger partial charge on any atom is 0.129 e. The van der Waals surface area contributed by atoms with Gasteiger partial charge in [0.15, 0.2) is 0 Å². The van der Waals surface area contributed by atoms with E-state index in [1.807, 2.05) is 31.2 Å². The molecule has 0 spiro atoms. The summed E-state index contributed by atoms with van der Waals surface area (Å²) in [6.07, 6.45) is 4.34. The summed E-state index contributed by atoms with van der Waals surface area (Å²) >= 11 is 6.30. The summed E-state index contributed by atoms with van der Waals surface area (Å²) < 4.78 is 0. The van der Waals surface area contributed by atoms with E-state index >= 15 is 0 Å². The average Bonchev–Trinajstić information content (AvgIpc) is 3.32. The van der Waals surface area contributed by atoms with Crippen LogP contribution >= 0.6 is 11.6 Å². The molecule has 1 atom stereocenters. The number of hydrogen-bond acceptors (Lipinski definition) is 6. The molecular weight excluding hydrogens is 456 g/mol. The standard InChI is InChI=1S/C28H29ClN6/c1-22-18-24(20-28(29)31-22)27-10-11-34(35(27)26-9-5-6-23(19-26)21-30)17-14-32-12-15-33(16-13-32)25-7-3-2-4-8-25/h2-11,18-20,27H,12-17H2,1H3. The fourth-order valence-corrected chi connectivity index (χ4v) is 5.15. The van der Waals surface area contributed by atoms with E-state index in [0.29, 0.717) is 10.7 Å². The van der Waals surface area contributed by atoms with Gasteiger partial charge in [0.2, 0.25) is 0 Å². The number of rotatable bonds is 6. The van der Waals surface area contributed by atoms with Gasteiger partial charge in [-0.15, -0.1) is 0 Å². The second-order valence-electron chi connectivity index (χ2n) is 8.98. The van der Waals surface area contributed by atoms with Crippen molar-refractivity contribution in [1.29, 1.82) is 5.26 Å². The summed E-state index contributed by atoms with van der Waals surface area (Å²) in [6, 6.07) is 24.7. The third kappa shape index (κ3) is 5.27. The van der Waals surface area contributed by atoms with Crippen LogP contribution in [0.1, 0.15) is 22.9 Å². The van der Waals surface area contributed by atoms with Gasteiger partial charge in [0, 0.05) is 50.3 Å². The first-order valence-corrected chi connectivity index (χ1v) is 12.4. The van der Waals surface area contributed by atoms with Crippen molar-refractivity contribution in [1.82, 2.24) is 14.9 Å². The quantitative estimate of drug-likeness (QED) is 0.457. The van der Waals surface area contributed by atoms with Gasteiger partial charge in [-0.1, -0.05) is 35.9 Å². The lowest BCUT2D eigenvalue weighted by atomic mass is 10.1. The van der Waals surface area contributed by atoms with Crippen LogP contribution in [0.15, 0.2) is 79.0 Å². The number of aromatic nitrogens is 1. The smallest absolute Gasteiger partial charge is 0.129 e. The Labute approximate surface area is 212 Å². The number of anilines is 2. The van der Waals surface area contributed by atoms with Gasteiger partial charge in [-0.25, -0.2) is 4.98 Å². The maximum absolute atomic E-state index is 9.47. The molecular formula is C28H29ClN6. The molecule has 2 aliphatic heterocycles. The zero-order chi connectivity index (χ0) is 24.2. The van der Waals surface area contributed by atoms with Crippen LogP contribution < -0.4 is 9.91 Å². The summed E-state index contributed by atoms with van der Waals surface area (Å²) in [5.74, 6) is 0. The van der Waals surface area contributed by atoms with Crippen LogP contribution in [-0.4, -0.2) is 54.2 Å². The molecule has 6 nitrogen and oxygen atoms in total. The molecule has 0 bridgehead atoms. The van der Waals surface area contributed by atoms with Gasteiger partial charge in [0.1, 0.15) is 5.15 Å². The Kier molecular flexibility index (Phi) is 6.89. The lowest BCUT2D eigenvalue weighted by Gasteiger charge is -2.39. The van der Waals surface area contributed by atoms with Crippen LogP contribution in [0.4, 0.5) is 11.4 Å². The van der Waals surface area contributed by atoms with Crippen LogP contribution in [0, 0.1) is 18.3 Å². The highest BCUT2D eigenvalue weighted by atomic mass is 35.5. The molecule has 3 aromatic rings. The summed E-state index contributed by atoms with van der Waals surface area (Å²) in [5.41, 5.74) is 4.90. The number of benzene rings is 2. The fraction of sp³-hybridized carbons (Fsp3) is 0.286. The number of nitriles is 1. The number of pyridine rings is 1. The van der Waals surface area contributed by atoms with E-state index in [1.165, 1.54) is 5.69 Å². The Morgan fingerprint density at radius 3 is 2.46 bits per heavy atom. The second kappa shape index (κ2) is 10.4. The van der Waals surface area contributed by atoms with E-state index < -0.39 is 0 Å². The van der Waals surface area contributed by atoms with Crippen LogP contribution in [0.3, 0.4) is 0 Å². The predicted molar refractivity (Wildman–Crippen MR) is 141 cm³/mol. The van der Waals surface area contributed by atoms with Gasteiger partial charge in [0.25, 0.3) is 0 Å². The first kappa shape index (κ1) is 23.2. The Morgan fingerprint density at radius 1 is 0.943 bits per heavy atom. The van der Waals surface area contributed by atoms with E-state index in [1.54, 1.807) is 0 Å². The molecule has 0 amide bonds. The normalized spacial score (nSPS) is 18.2. The Hall–Kier alpha value is -3.53. The van der Waals surface area contributed by atoms with Gasteiger partial charge in [-0.05, 0) is 61.0 Å². The van der Waals surface area contributed by atoms with E-state index in [0.717, 1.165) is 56.2 Å². The SMILES string of the molecule is Cc1cc(C2C=CN(CCN3CCN(c4ccccc4)CC3)N2c2cccc(C#N)c2)cc(Cl)n1. The molecule has 35 heavy (non-hydrogen) atoms. The highest BCUT2D eigenvalue weighted by Gasteiger charge is 2.29. The highest BCUT2D eigenvalue weighted by molar-refractivity contribution is 6.29. The molecule has 5 rings (SSSR count). The van der Waals surface area contributed by atoms with E-state index in [9.17, 15) is 5.26 Å². The number of hydrazine groups is 1. The van der Waals surface area contributed by atoms with Crippen LogP contribution in [0.5, 0.6) is 0 Å². The van der Waals surface area contributed by atoms with Crippen molar-refractivity contribution >= 4 is 23.0 Å². The first-order valence-electron chi connectivity index (χ1n) is 12.0. The van der Waals surface area contributed by atoms with Crippen molar-refractivity contribution in [2.75, 3.05) is 49.2 Å². The first-order chi connectivity index (χ1) is 17.1. The van der Waals surface area contributed by atoms with Gasteiger partial charge in [-0.3, -0.25) is 14.9 Å². The number of nitrogens with zero attached hydrogens (tertiary/aromatic N) is 6. The predicted octanol–water partition coefficient (Wildman–Crippen LogP) is 5.03. The summed E-state index contributed by atoms with van der Waals surface area (Å²) in [5, 5.41) is 14.5. The zero-order valence-electron chi connectivity index (χ0n) is 19.9. The average molecular weight is 485 g/mol. The second-order valence-corrected chi connectivity index (χ2v) is 9.37. The van der Waals surface area contributed by atoms with Crippen molar-refractivity contribution in [2.45, 2.75) is 13.0 Å². The minimum Gasteiger partial charge on any atom is -0.369 e. The molecule has 2 aliphatic rings. The molecule has 1 aromatic heterocycles. The topological polar surface area (TPSA) is 49.6 Å². The number of aryl methyl sites for hydroxylation is 1. The zero-order valence-corrected chi connectivity index (χ0v) is 20.6. The minimum atomic E-state index is -0.0157. The molecule has 0 N–H and O–H groups in total. The van der Waals surface area contributed by atoms with Crippen molar-refractivity contribution < 1.29 is 0 Å². The molecule has 2 aromatic carbocycles. The fourth-order valence-electron chi connectivity index (χ4n) is 4.89. The molecule has 7 heteroatoms. The molecule has 1 fully saturated rings. The van der Waals surface area contributed by atoms with Crippen LogP contribution in [0.25, 0.3) is 0 Å². The Bertz CT molecular complexity index is 1210. The van der Waals surface area contributed by atoms with Crippen molar-refractivity contribution in [2.24, 2.45) is 0 Å². The van der Waals surface area contributed by atoms with Crippen LogP contribution in [-0.2, 0) is 0 Å². The molecule has 0 aliphatic carbocycles. The van der Waals surface area contributed by atoms with Gasteiger partial charge in [0.05, 0.1) is 29.9 Å². The summed E-state index contributed by atoms with van der Waals surface area (Å²) in [7, 11) is 0. The van der Waals surface area contributed by atoms with Crippen molar-refractivity contribution in [3.05, 3.63) is 101 Å². The third-order valence-corrected chi connectivity index (χ3v) is 6.84. The lowest BCUT2D eigenvalue weighted by Crippen LogP contribution is -2.49. The van der Waals surface area contributed by atoms with E-state index in [2.05, 4.69) is 85.6 Å². The number of hydrogen-bond donors (Lipinski definition) is 0. The summed E-state index contributed by atoms with van der Waals surface area (Å²) in [6.45, 7) is 7.92. The van der Waals surface area contributed by atoms with Crippen molar-refractivity contribution in [3.8, 4) is 6.07 Å². The van der Waals surface area contributed by atoms with Gasteiger partial charge >= 0.3 is 0 Å². The molecule has 1 unspecified atom stereocenters. The van der Waals surface area contributed by atoms with Gasteiger partial charge in [-0.2, -0.15) is 5.26 Å². The van der Waals surface area contributed by atoms with Gasteiger partial charge < -0.3 is 4.90 Å². The number of para-hydroxylation sites is 1. The van der Waals surface area contributed by atoms with E-state index in [-0.39, 0.29) is 6.04 Å². The van der Waals surface area contributed by atoms with Crippen LogP contribution in [0.2, 0.25) is 5.15 Å². The molecule has 178 valence electrons. The summed E-state index contributed by atoms with van der Waals surface area (Å²) in [4.78, 5) is 9.31.